The van der Waals surface area contributed by atoms with Gasteiger partial charge in [0.15, 0.2) is 11.5 Å². The number of carbonyl (C=O) groups excluding carboxylic acids is 1. The van der Waals surface area contributed by atoms with Crippen molar-refractivity contribution in [1.29, 1.82) is 0 Å². The second-order valence-corrected chi connectivity index (χ2v) is 9.35. The SMILES string of the molecule is COc1ccc(-c2nnc(NC(=O)c3ccc(S(=O)(=O)N(C)Cc4ccco4)cc3)o2)cc1OC. The van der Waals surface area contributed by atoms with E-state index in [0.717, 1.165) is 4.31 Å². The fourth-order valence-corrected chi connectivity index (χ4v) is 4.33. The van der Waals surface area contributed by atoms with Crippen molar-refractivity contribution in [3.8, 4) is 23.0 Å². The van der Waals surface area contributed by atoms with E-state index in [2.05, 4.69) is 15.5 Å². The Morgan fingerprint density at radius 1 is 1.03 bits per heavy atom. The topological polar surface area (TPSA) is 137 Å². The van der Waals surface area contributed by atoms with Crippen molar-refractivity contribution in [2.75, 3.05) is 26.6 Å². The Hall–Kier alpha value is -4.16. The largest absolute Gasteiger partial charge is 0.493 e. The second kappa shape index (κ2) is 9.99. The average molecular weight is 499 g/mol. The molecule has 0 fully saturated rings. The number of nitrogens with one attached hydrogen (secondary N) is 1. The molecule has 0 saturated carbocycles. The van der Waals surface area contributed by atoms with Gasteiger partial charge in [-0.1, -0.05) is 5.10 Å². The van der Waals surface area contributed by atoms with Crippen LogP contribution in [0.2, 0.25) is 0 Å². The maximum atomic E-state index is 12.8. The molecule has 1 N–H and O–H groups in total. The summed E-state index contributed by atoms with van der Waals surface area (Å²) in [5, 5.41) is 10.3. The minimum atomic E-state index is -3.77. The van der Waals surface area contributed by atoms with E-state index in [-0.39, 0.29) is 28.9 Å². The van der Waals surface area contributed by atoms with E-state index < -0.39 is 15.9 Å². The minimum Gasteiger partial charge on any atom is -0.493 e. The summed E-state index contributed by atoms with van der Waals surface area (Å²) in [4.78, 5) is 12.6. The summed E-state index contributed by atoms with van der Waals surface area (Å²) in [5.41, 5.74) is 0.785. The highest BCUT2D eigenvalue weighted by Crippen LogP contribution is 2.32. The summed E-state index contributed by atoms with van der Waals surface area (Å²) >= 11 is 0. The lowest BCUT2D eigenvalue weighted by Crippen LogP contribution is -2.26. The first-order valence-corrected chi connectivity index (χ1v) is 11.7. The molecule has 0 radical (unpaired) electrons. The first kappa shape index (κ1) is 24.0. The summed E-state index contributed by atoms with van der Waals surface area (Å²) in [6.45, 7) is 0.0805. The van der Waals surface area contributed by atoms with Gasteiger partial charge in [0.05, 0.1) is 31.9 Å². The molecule has 0 aliphatic carbocycles. The molecule has 0 atom stereocenters. The number of anilines is 1. The predicted octanol–water partition coefficient (Wildman–Crippen LogP) is 3.42. The summed E-state index contributed by atoms with van der Waals surface area (Å²) in [7, 11) is 0.711. The van der Waals surface area contributed by atoms with Crippen LogP contribution in [-0.4, -0.2) is 50.1 Å². The van der Waals surface area contributed by atoms with Crippen LogP contribution in [0.15, 0.2) is 74.6 Å². The molecule has 1 amide bonds. The van der Waals surface area contributed by atoms with Gasteiger partial charge >= 0.3 is 6.01 Å². The van der Waals surface area contributed by atoms with Gasteiger partial charge < -0.3 is 18.3 Å². The molecule has 0 unspecified atom stereocenters. The third kappa shape index (κ3) is 5.18. The van der Waals surface area contributed by atoms with Gasteiger partial charge in [-0.05, 0) is 54.6 Å². The van der Waals surface area contributed by atoms with Gasteiger partial charge in [-0.15, -0.1) is 5.10 Å². The van der Waals surface area contributed by atoms with Gasteiger partial charge in [-0.3, -0.25) is 10.1 Å². The summed E-state index contributed by atoms with van der Waals surface area (Å²) in [5.74, 6) is 1.17. The molecule has 0 saturated heterocycles. The fraction of sp³-hybridized carbons (Fsp3) is 0.174. The van der Waals surface area contributed by atoms with Gasteiger partial charge in [0.2, 0.25) is 15.9 Å². The summed E-state index contributed by atoms with van der Waals surface area (Å²) in [6.07, 6.45) is 1.48. The van der Waals surface area contributed by atoms with Crippen molar-refractivity contribution in [3.63, 3.8) is 0 Å². The first-order chi connectivity index (χ1) is 16.8. The number of carbonyl (C=O) groups is 1. The number of benzene rings is 2. The molecule has 11 nitrogen and oxygen atoms in total. The van der Waals surface area contributed by atoms with Crippen LogP contribution in [0.25, 0.3) is 11.5 Å². The number of hydrogen-bond acceptors (Lipinski definition) is 9. The Morgan fingerprint density at radius 3 is 2.43 bits per heavy atom. The molecule has 182 valence electrons. The van der Waals surface area contributed by atoms with Crippen LogP contribution in [0.3, 0.4) is 0 Å². The molecule has 2 aromatic carbocycles. The lowest BCUT2D eigenvalue weighted by atomic mass is 10.2. The predicted molar refractivity (Wildman–Crippen MR) is 125 cm³/mol. The van der Waals surface area contributed by atoms with Gasteiger partial charge in [0.25, 0.3) is 5.91 Å². The normalized spacial score (nSPS) is 11.4. The lowest BCUT2D eigenvalue weighted by molar-refractivity contribution is 0.102. The van der Waals surface area contributed by atoms with E-state index in [4.69, 9.17) is 18.3 Å². The lowest BCUT2D eigenvalue weighted by Gasteiger charge is -2.16. The van der Waals surface area contributed by atoms with Crippen LogP contribution in [0.1, 0.15) is 16.1 Å². The van der Waals surface area contributed by atoms with Crippen LogP contribution in [0.4, 0.5) is 6.01 Å². The van der Waals surface area contributed by atoms with Crippen LogP contribution in [0.5, 0.6) is 11.5 Å². The van der Waals surface area contributed by atoms with Gasteiger partial charge in [0, 0.05) is 18.2 Å². The van der Waals surface area contributed by atoms with Crippen LogP contribution < -0.4 is 14.8 Å². The Balaban J connectivity index is 1.44. The number of hydrogen-bond donors (Lipinski definition) is 1. The van der Waals surface area contributed by atoms with Crippen LogP contribution >= 0.6 is 0 Å². The summed E-state index contributed by atoms with van der Waals surface area (Å²) < 4.78 is 47.9. The number of rotatable bonds is 9. The van der Waals surface area contributed by atoms with Crippen LogP contribution in [-0.2, 0) is 16.6 Å². The van der Waals surface area contributed by atoms with Crippen molar-refractivity contribution in [2.45, 2.75) is 11.4 Å². The van der Waals surface area contributed by atoms with Crippen molar-refractivity contribution in [1.82, 2.24) is 14.5 Å². The smallest absolute Gasteiger partial charge is 0.322 e. The van der Waals surface area contributed by atoms with E-state index in [1.54, 1.807) is 30.3 Å². The molecule has 35 heavy (non-hydrogen) atoms. The minimum absolute atomic E-state index is 0.0386. The van der Waals surface area contributed by atoms with Crippen molar-refractivity contribution < 1.29 is 31.5 Å². The standard InChI is InChI=1S/C23H22N4O7S/c1-27(14-17-5-4-12-33-17)35(29,30)18-9-6-15(7-10-18)21(28)24-23-26-25-22(34-23)16-8-11-19(31-2)20(13-16)32-3/h4-13H,14H2,1-3H3,(H,24,26,28). The molecule has 0 bridgehead atoms. The van der Waals surface area contributed by atoms with E-state index in [1.165, 1.54) is 51.8 Å². The van der Waals surface area contributed by atoms with Crippen molar-refractivity contribution >= 4 is 21.9 Å². The van der Waals surface area contributed by atoms with E-state index in [1.807, 2.05) is 0 Å². The maximum absolute atomic E-state index is 12.8. The Bertz CT molecular complexity index is 1410. The van der Waals surface area contributed by atoms with E-state index >= 15 is 0 Å². The quantitative estimate of drug-likeness (QED) is 0.368. The Kier molecular flexibility index (Phi) is 6.85. The van der Waals surface area contributed by atoms with Gasteiger partial charge in [-0.2, -0.15) is 4.31 Å². The highest BCUT2D eigenvalue weighted by Gasteiger charge is 2.22. The molecule has 4 rings (SSSR count). The molecule has 2 aromatic heterocycles. The molecule has 4 aromatic rings. The molecule has 0 aliphatic rings. The highest BCUT2D eigenvalue weighted by atomic mass is 32.2. The Labute approximate surface area is 201 Å². The van der Waals surface area contributed by atoms with Crippen molar-refractivity contribution in [2.24, 2.45) is 0 Å². The van der Waals surface area contributed by atoms with E-state index in [9.17, 15) is 13.2 Å². The zero-order chi connectivity index (χ0) is 25.0. The number of ether oxygens (including phenoxy) is 2. The number of aromatic nitrogens is 2. The average Bonchev–Trinajstić information content (AvgIpc) is 3.56. The molecular formula is C23H22N4O7S. The number of nitrogens with zero attached hydrogens (tertiary/aromatic N) is 3. The number of amides is 1. The number of sulfonamides is 1. The fourth-order valence-electron chi connectivity index (χ4n) is 3.19. The van der Waals surface area contributed by atoms with Gasteiger partial charge in [0.1, 0.15) is 5.76 Å². The zero-order valence-corrected chi connectivity index (χ0v) is 19.9. The Morgan fingerprint density at radius 2 is 1.77 bits per heavy atom. The highest BCUT2D eigenvalue weighted by molar-refractivity contribution is 7.89. The van der Waals surface area contributed by atoms with Gasteiger partial charge in [-0.25, -0.2) is 8.42 Å². The van der Waals surface area contributed by atoms with E-state index in [0.29, 0.717) is 22.8 Å². The summed E-state index contributed by atoms with van der Waals surface area (Å²) in [6, 6.07) is 13.8. The second-order valence-electron chi connectivity index (χ2n) is 7.30. The third-order valence-electron chi connectivity index (χ3n) is 5.06. The molecule has 2 heterocycles. The van der Waals surface area contributed by atoms with Crippen LogP contribution in [0, 0.1) is 0 Å². The monoisotopic (exact) mass is 498 g/mol. The third-order valence-corrected chi connectivity index (χ3v) is 6.88. The maximum Gasteiger partial charge on any atom is 0.322 e. The molecule has 0 aliphatic heterocycles. The molecular weight excluding hydrogens is 476 g/mol. The first-order valence-electron chi connectivity index (χ1n) is 10.3. The molecule has 0 spiro atoms. The number of methoxy groups -OCH3 is 2. The zero-order valence-electron chi connectivity index (χ0n) is 19.1. The molecule has 12 heteroatoms. The number of furan rings is 1. The van der Waals surface area contributed by atoms with Crippen molar-refractivity contribution in [3.05, 3.63) is 72.2 Å².